The van der Waals surface area contributed by atoms with E-state index in [2.05, 4.69) is 10.3 Å². The van der Waals surface area contributed by atoms with Gasteiger partial charge in [-0.05, 0) is 36.8 Å². The fourth-order valence-electron chi connectivity index (χ4n) is 1.86. The van der Waals surface area contributed by atoms with Crippen LogP contribution in [0.3, 0.4) is 0 Å². The van der Waals surface area contributed by atoms with Crippen LogP contribution in [0.15, 0.2) is 42.6 Å². The Kier molecular flexibility index (Phi) is 5.96. The smallest absolute Gasteiger partial charge is 0.357 e. The van der Waals surface area contributed by atoms with Gasteiger partial charge in [0.05, 0.1) is 6.04 Å². The summed E-state index contributed by atoms with van der Waals surface area (Å²) in [4.78, 5) is 27.4. The number of nitrogens with one attached hydrogen (secondary N) is 1. The van der Waals surface area contributed by atoms with Crippen molar-refractivity contribution in [2.45, 2.75) is 13.0 Å². The molecular weight excluding hydrogens is 339 g/mol. The fourth-order valence-corrected chi connectivity index (χ4v) is 2.22. The molecule has 0 aliphatic carbocycles. The third-order valence-electron chi connectivity index (χ3n) is 2.99. The Bertz CT molecular complexity index is 722. The number of aromatic nitrogens is 1. The zero-order valence-electron chi connectivity index (χ0n) is 12.3. The summed E-state index contributed by atoms with van der Waals surface area (Å²) in [5.41, 5.74) is 0.905. The van der Waals surface area contributed by atoms with Crippen molar-refractivity contribution in [1.29, 1.82) is 0 Å². The summed E-state index contributed by atoms with van der Waals surface area (Å²) >= 11 is 11.7. The Morgan fingerprint density at radius 2 is 1.96 bits per heavy atom. The van der Waals surface area contributed by atoms with Gasteiger partial charge in [0.15, 0.2) is 6.61 Å². The second-order valence-electron chi connectivity index (χ2n) is 4.78. The normalized spacial score (nSPS) is 11.6. The molecule has 0 aliphatic heterocycles. The predicted octanol–water partition coefficient (Wildman–Crippen LogP) is 3.42. The second-order valence-corrected chi connectivity index (χ2v) is 5.65. The minimum absolute atomic E-state index is 0.0492. The fraction of sp³-hybridized carbons (Fsp3) is 0.188. The van der Waals surface area contributed by atoms with E-state index < -0.39 is 18.5 Å². The first-order valence-corrected chi connectivity index (χ1v) is 7.55. The van der Waals surface area contributed by atoms with Crippen molar-refractivity contribution in [3.63, 3.8) is 0 Å². The molecule has 0 bridgehead atoms. The summed E-state index contributed by atoms with van der Waals surface area (Å²) in [6, 6.07) is 9.80. The van der Waals surface area contributed by atoms with Crippen LogP contribution in [0.5, 0.6) is 0 Å². The van der Waals surface area contributed by atoms with Gasteiger partial charge in [-0.1, -0.05) is 35.3 Å². The standard InChI is InChI=1S/C16H14Cl2N2O3/c1-10(11-3-2-4-12(17)7-11)20-15(21)9-23-16(22)14-8-13(18)5-6-19-14/h2-8,10H,9H2,1H3,(H,20,21)/t10-/m0/s1. The van der Waals surface area contributed by atoms with Crippen molar-refractivity contribution in [3.8, 4) is 0 Å². The van der Waals surface area contributed by atoms with Crippen LogP contribution in [0.1, 0.15) is 29.0 Å². The number of benzene rings is 1. The van der Waals surface area contributed by atoms with Crippen LogP contribution in [-0.2, 0) is 9.53 Å². The average molecular weight is 353 g/mol. The number of amides is 1. The third kappa shape index (κ3) is 5.23. The number of carbonyl (C=O) groups is 2. The van der Waals surface area contributed by atoms with E-state index in [1.165, 1.54) is 18.3 Å². The minimum Gasteiger partial charge on any atom is -0.451 e. The molecule has 0 unspecified atom stereocenters. The van der Waals surface area contributed by atoms with Gasteiger partial charge >= 0.3 is 5.97 Å². The number of carbonyl (C=O) groups excluding carboxylic acids is 2. The van der Waals surface area contributed by atoms with Crippen LogP contribution in [0, 0.1) is 0 Å². The number of halogens is 2. The van der Waals surface area contributed by atoms with Crippen LogP contribution in [0.2, 0.25) is 10.0 Å². The average Bonchev–Trinajstić information content (AvgIpc) is 2.52. The Morgan fingerprint density at radius 1 is 1.22 bits per heavy atom. The molecule has 2 rings (SSSR count). The molecule has 23 heavy (non-hydrogen) atoms. The number of esters is 1. The van der Waals surface area contributed by atoms with Crippen molar-refractivity contribution in [1.82, 2.24) is 10.3 Å². The second kappa shape index (κ2) is 7.94. The lowest BCUT2D eigenvalue weighted by Gasteiger charge is -2.14. The van der Waals surface area contributed by atoms with E-state index >= 15 is 0 Å². The number of nitrogens with zero attached hydrogens (tertiary/aromatic N) is 1. The van der Waals surface area contributed by atoms with Crippen molar-refractivity contribution >= 4 is 35.1 Å². The quantitative estimate of drug-likeness (QED) is 0.837. The van der Waals surface area contributed by atoms with E-state index in [0.717, 1.165) is 5.56 Å². The zero-order valence-corrected chi connectivity index (χ0v) is 13.8. The lowest BCUT2D eigenvalue weighted by molar-refractivity contribution is -0.124. The number of rotatable bonds is 5. The van der Waals surface area contributed by atoms with Gasteiger partial charge in [0, 0.05) is 16.2 Å². The molecule has 1 aromatic carbocycles. The van der Waals surface area contributed by atoms with Crippen molar-refractivity contribution in [2.75, 3.05) is 6.61 Å². The minimum atomic E-state index is -0.710. The van der Waals surface area contributed by atoms with Gasteiger partial charge < -0.3 is 10.1 Å². The highest BCUT2D eigenvalue weighted by Crippen LogP contribution is 2.17. The highest BCUT2D eigenvalue weighted by Gasteiger charge is 2.14. The van der Waals surface area contributed by atoms with Crippen molar-refractivity contribution in [2.24, 2.45) is 0 Å². The summed E-state index contributed by atoms with van der Waals surface area (Å²) in [7, 11) is 0. The summed E-state index contributed by atoms with van der Waals surface area (Å²) in [5, 5.41) is 3.67. The zero-order chi connectivity index (χ0) is 16.8. The van der Waals surface area contributed by atoms with Gasteiger partial charge in [0.1, 0.15) is 5.69 Å². The topological polar surface area (TPSA) is 68.3 Å². The molecule has 0 spiro atoms. The molecule has 0 saturated heterocycles. The first-order chi connectivity index (χ1) is 11.0. The van der Waals surface area contributed by atoms with Crippen LogP contribution < -0.4 is 5.32 Å². The lowest BCUT2D eigenvalue weighted by Crippen LogP contribution is -2.31. The molecule has 5 nitrogen and oxygen atoms in total. The number of hydrogen-bond acceptors (Lipinski definition) is 4. The highest BCUT2D eigenvalue weighted by atomic mass is 35.5. The first-order valence-electron chi connectivity index (χ1n) is 6.79. The highest BCUT2D eigenvalue weighted by molar-refractivity contribution is 6.31. The summed E-state index contributed by atoms with van der Waals surface area (Å²) in [5.74, 6) is -1.13. The summed E-state index contributed by atoms with van der Waals surface area (Å²) in [6.07, 6.45) is 1.39. The van der Waals surface area contributed by atoms with Gasteiger partial charge in [-0.25, -0.2) is 9.78 Å². The SMILES string of the molecule is C[C@H](NC(=O)COC(=O)c1cc(Cl)ccn1)c1cccc(Cl)c1. The Balaban J connectivity index is 1.86. The molecule has 120 valence electrons. The van der Waals surface area contributed by atoms with Gasteiger partial charge in [-0.15, -0.1) is 0 Å². The Morgan fingerprint density at radius 3 is 2.65 bits per heavy atom. The number of pyridine rings is 1. The van der Waals surface area contributed by atoms with Crippen molar-refractivity contribution < 1.29 is 14.3 Å². The van der Waals surface area contributed by atoms with E-state index in [4.69, 9.17) is 27.9 Å². The maximum atomic E-state index is 11.8. The Labute approximate surface area is 143 Å². The van der Waals surface area contributed by atoms with E-state index in [-0.39, 0.29) is 11.7 Å². The molecule has 1 aromatic heterocycles. The van der Waals surface area contributed by atoms with E-state index in [1.54, 1.807) is 18.2 Å². The van der Waals surface area contributed by atoms with E-state index in [1.807, 2.05) is 13.0 Å². The first kappa shape index (κ1) is 17.2. The van der Waals surface area contributed by atoms with Crippen LogP contribution in [0.25, 0.3) is 0 Å². The Hall–Kier alpha value is -2.11. The maximum Gasteiger partial charge on any atom is 0.357 e. The van der Waals surface area contributed by atoms with Gasteiger partial charge in [0.25, 0.3) is 5.91 Å². The molecule has 1 N–H and O–H groups in total. The summed E-state index contributed by atoms with van der Waals surface area (Å²) in [6.45, 7) is 1.40. The molecule has 1 amide bonds. The molecule has 0 aliphatic rings. The monoisotopic (exact) mass is 352 g/mol. The lowest BCUT2D eigenvalue weighted by atomic mass is 10.1. The van der Waals surface area contributed by atoms with Gasteiger partial charge in [0.2, 0.25) is 0 Å². The van der Waals surface area contributed by atoms with Gasteiger partial charge in [-0.3, -0.25) is 4.79 Å². The predicted molar refractivity (Wildman–Crippen MR) is 87.5 cm³/mol. The largest absolute Gasteiger partial charge is 0.451 e. The maximum absolute atomic E-state index is 11.8. The van der Waals surface area contributed by atoms with Crippen LogP contribution >= 0.6 is 23.2 Å². The van der Waals surface area contributed by atoms with Crippen LogP contribution in [-0.4, -0.2) is 23.5 Å². The van der Waals surface area contributed by atoms with E-state index in [9.17, 15) is 9.59 Å². The molecule has 2 aromatic rings. The molecule has 7 heteroatoms. The number of hydrogen-bond donors (Lipinski definition) is 1. The summed E-state index contributed by atoms with van der Waals surface area (Å²) < 4.78 is 4.91. The molecule has 0 saturated carbocycles. The molecular formula is C16H14Cl2N2O3. The molecule has 0 fully saturated rings. The molecule has 0 radical (unpaired) electrons. The molecule has 1 atom stereocenters. The van der Waals surface area contributed by atoms with E-state index in [0.29, 0.717) is 10.0 Å². The third-order valence-corrected chi connectivity index (χ3v) is 3.46. The molecule has 1 heterocycles. The van der Waals surface area contributed by atoms with Crippen molar-refractivity contribution in [3.05, 3.63) is 63.9 Å². The number of ether oxygens (including phenoxy) is 1. The van der Waals surface area contributed by atoms with Gasteiger partial charge in [-0.2, -0.15) is 0 Å². The van der Waals surface area contributed by atoms with Crippen LogP contribution in [0.4, 0.5) is 0 Å².